The summed E-state index contributed by atoms with van der Waals surface area (Å²) >= 11 is 0. The summed E-state index contributed by atoms with van der Waals surface area (Å²) in [5, 5.41) is 21.7. The van der Waals surface area contributed by atoms with Crippen LogP contribution in [0, 0.1) is 23.5 Å². The van der Waals surface area contributed by atoms with Crippen LogP contribution in [0.2, 0.25) is 0 Å². The monoisotopic (exact) mass is 498 g/mol. The molecule has 1 saturated heterocycles. The van der Waals surface area contributed by atoms with Crippen molar-refractivity contribution in [2.24, 2.45) is 11.8 Å². The zero-order chi connectivity index (χ0) is 25.7. The molecule has 1 aliphatic heterocycles. The van der Waals surface area contributed by atoms with Crippen LogP contribution in [0.1, 0.15) is 42.9 Å². The van der Waals surface area contributed by atoms with E-state index in [9.17, 15) is 23.8 Å². The predicted molar refractivity (Wildman–Crippen MR) is 133 cm³/mol. The number of carboxylic acid groups (broad SMARTS) is 1. The summed E-state index contributed by atoms with van der Waals surface area (Å²) in [6.07, 6.45) is 3.70. The van der Waals surface area contributed by atoms with Crippen LogP contribution < -0.4 is 4.74 Å². The second-order valence-corrected chi connectivity index (χ2v) is 9.49. The summed E-state index contributed by atoms with van der Waals surface area (Å²) in [4.78, 5) is 18.5. The van der Waals surface area contributed by atoms with Gasteiger partial charge in [-0.3, -0.25) is 9.78 Å². The molecule has 1 aromatic heterocycles. The fourth-order valence-electron chi connectivity index (χ4n) is 5.22. The molecule has 1 fully saturated rings. The van der Waals surface area contributed by atoms with Gasteiger partial charge in [0.1, 0.15) is 5.75 Å². The van der Waals surface area contributed by atoms with Crippen molar-refractivity contribution in [2.75, 3.05) is 26.7 Å². The first-order chi connectivity index (χ1) is 17.4. The van der Waals surface area contributed by atoms with Gasteiger partial charge in [-0.25, -0.2) is 8.78 Å². The van der Waals surface area contributed by atoms with Gasteiger partial charge >= 0.3 is 5.97 Å². The Hall–Kier alpha value is -3.10. The van der Waals surface area contributed by atoms with Gasteiger partial charge in [-0.1, -0.05) is 12.1 Å². The van der Waals surface area contributed by atoms with Crippen LogP contribution in [-0.4, -0.2) is 52.8 Å². The molecule has 0 amide bonds. The van der Waals surface area contributed by atoms with E-state index < -0.39 is 29.6 Å². The number of aliphatic hydroxyl groups is 1. The van der Waals surface area contributed by atoms with Crippen molar-refractivity contribution < 1.29 is 28.5 Å². The molecule has 2 heterocycles. The third-order valence-corrected chi connectivity index (χ3v) is 7.26. The van der Waals surface area contributed by atoms with Crippen molar-refractivity contribution in [3.8, 4) is 5.75 Å². The molecule has 0 aliphatic carbocycles. The van der Waals surface area contributed by atoms with E-state index in [1.807, 2.05) is 18.2 Å². The number of nitrogens with zero attached hydrogens (tertiary/aromatic N) is 2. The molecule has 0 spiro atoms. The second kappa shape index (κ2) is 11.8. The van der Waals surface area contributed by atoms with Gasteiger partial charge in [-0.2, -0.15) is 0 Å². The van der Waals surface area contributed by atoms with Gasteiger partial charge < -0.3 is 19.8 Å². The van der Waals surface area contributed by atoms with Crippen molar-refractivity contribution >= 4 is 16.9 Å². The van der Waals surface area contributed by atoms with Crippen LogP contribution in [0.15, 0.2) is 48.7 Å². The quantitative estimate of drug-likeness (QED) is 0.410. The molecular formula is C28H32F2N2O4. The fraction of sp³-hybridized carbons (Fsp3) is 0.429. The minimum atomic E-state index is -0.847. The van der Waals surface area contributed by atoms with E-state index in [2.05, 4.69) is 9.88 Å². The number of piperidine rings is 1. The number of aliphatic carboxylic acids is 1. The van der Waals surface area contributed by atoms with Gasteiger partial charge in [-0.15, -0.1) is 0 Å². The van der Waals surface area contributed by atoms with Crippen LogP contribution in [0.5, 0.6) is 5.75 Å². The lowest BCUT2D eigenvalue weighted by Gasteiger charge is -2.37. The summed E-state index contributed by atoms with van der Waals surface area (Å²) in [6, 6.07) is 11.5. The van der Waals surface area contributed by atoms with Crippen molar-refractivity contribution in [3.63, 3.8) is 0 Å². The summed E-state index contributed by atoms with van der Waals surface area (Å²) < 4.78 is 32.6. The molecule has 2 aromatic carbocycles. The smallest absolute Gasteiger partial charge is 0.308 e. The maximum absolute atomic E-state index is 13.9. The highest BCUT2D eigenvalue weighted by Gasteiger charge is 2.34. The molecule has 0 radical (unpaired) electrons. The highest BCUT2D eigenvalue weighted by Crippen LogP contribution is 2.34. The van der Waals surface area contributed by atoms with Crippen LogP contribution >= 0.6 is 0 Å². The fourth-order valence-corrected chi connectivity index (χ4v) is 5.22. The van der Waals surface area contributed by atoms with E-state index >= 15 is 0 Å². The third kappa shape index (κ3) is 5.99. The minimum Gasteiger partial charge on any atom is -0.497 e. The van der Waals surface area contributed by atoms with Crippen LogP contribution in [0.4, 0.5) is 8.78 Å². The van der Waals surface area contributed by atoms with Gasteiger partial charge in [0.05, 0.1) is 24.6 Å². The lowest BCUT2D eigenvalue weighted by Crippen LogP contribution is -2.44. The van der Waals surface area contributed by atoms with Gasteiger partial charge in [0, 0.05) is 18.1 Å². The Labute approximate surface area is 209 Å². The van der Waals surface area contributed by atoms with E-state index in [1.165, 1.54) is 6.07 Å². The number of carboxylic acids is 1. The summed E-state index contributed by atoms with van der Waals surface area (Å²) in [7, 11) is 1.59. The first-order valence-electron chi connectivity index (χ1n) is 12.4. The van der Waals surface area contributed by atoms with Crippen LogP contribution in [0.25, 0.3) is 10.9 Å². The number of fused-ring (bicyclic) bond motifs is 1. The number of aromatic nitrogens is 1. The van der Waals surface area contributed by atoms with Crippen molar-refractivity contribution in [2.45, 2.75) is 38.2 Å². The summed E-state index contributed by atoms with van der Waals surface area (Å²) in [5.74, 6) is -2.39. The Bertz CT molecular complexity index is 1210. The lowest BCUT2D eigenvalue weighted by molar-refractivity contribution is -0.146. The molecule has 4 rings (SSSR count). The lowest BCUT2D eigenvalue weighted by atomic mass is 9.81. The van der Waals surface area contributed by atoms with Crippen LogP contribution in [0.3, 0.4) is 0 Å². The standard InChI is InChI=1S/C28H32F2N2O4/c1-36-20-8-9-25-22(16-20)21(11-13-31-25)26(33)10-7-18-12-15-32(17-23(18)28(34)35)14-3-5-19-4-2-6-24(29)27(19)30/h2,4,6,8-9,11,13,16,18,23,26,33H,3,5,7,10,12,14-15,17H2,1H3,(H,34,35)/t18-,23+,26-/m1/s1. The first-order valence-corrected chi connectivity index (χ1v) is 12.4. The number of aryl methyl sites for hydroxylation is 1. The molecule has 3 aromatic rings. The number of methoxy groups -OCH3 is 1. The topological polar surface area (TPSA) is 82.9 Å². The van der Waals surface area contributed by atoms with Crippen molar-refractivity contribution in [1.29, 1.82) is 0 Å². The van der Waals surface area contributed by atoms with Gasteiger partial charge in [-0.05, 0) is 92.6 Å². The number of hydrogen-bond acceptors (Lipinski definition) is 5. The largest absolute Gasteiger partial charge is 0.497 e. The van der Waals surface area contributed by atoms with E-state index in [1.54, 1.807) is 25.4 Å². The Morgan fingerprint density at radius 2 is 2.08 bits per heavy atom. The Balaban J connectivity index is 1.33. The molecule has 36 heavy (non-hydrogen) atoms. The number of likely N-dealkylation sites (tertiary alicyclic amines) is 1. The molecule has 0 bridgehead atoms. The number of carbonyl (C=O) groups is 1. The normalized spacial score (nSPS) is 19.3. The molecule has 3 atom stereocenters. The number of aliphatic hydroxyl groups excluding tert-OH is 1. The zero-order valence-electron chi connectivity index (χ0n) is 20.4. The highest BCUT2D eigenvalue weighted by molar-refractivity contribution is 5.83. The third-order valence-electron chi connectivity index (χ3n) is 7.26. The molecular weight excluding hydrogens is 466 g/mol. The molecule has 0 unspecified atom stereocenters. The number of ether oxygens (including phenoxy) is 1. The second-order valence-electron chi connectivity index (χ2n) is 9.49. The number of benzene rings is 2. The SMILES string of the molecule is COc1ccc2nccc([C@H](O)CC[C@@H]3CCN(CCCc4cccc(F)c4F)C[C@@H]3C(=O)O)c2c1. The Morgan fingerprint density at radius 1 is 1.25 bits per heavy atom. The minimum absolute atomic E-state index is 0.0447. The zero-order valence-corrected chi connectivity index (χ0v) is 20.4. The Kier molecular flexibility index (Phi) is 8.48. The number of pyridine rings is 1. The molecule has 8 heteroatoms. The maximum atomic E-state index is 13.9. The van der Waals surface area contributed by atoms with Crippen molar-refractivity contribution in [1.82, 2.24) is 9.88 Å². The molecule has 6 nitrogen and oxygen atoms in total. The summed E-state index contributed by atoms with van der Waals surface area (Å²) in [5.41, 5.74) is 1.87. The van der Waals surface area contributed by atoms with E-state index in [-0.39, 0.29) is 5.92 Å². The first kappa shape index (κ1) is 26.0. The molecule has 0 saturated carbocycles. The Morgan fingerprint density at radius 3 is 2.86 bits per heavy atom. The maximum Gasteiger partial charge on any atom is 0.308 e. The number of hydrogen-bond donors (Lipinski definition) is 2. The van der Waals surface area contributed by atoms with Crippen molar-refractivity contribution in [3.05, 3.63) is 71.4 Å². The molecule has 1 aliphatic rings. The predicted octanol–water partition coefficient (Wildman–Crippen LogP) is 4.99. The van der Waals surface area contributed by atoms with Crippen LogP contribution in [-0.2, 0) is 11.2 Å². The number of halogens is 2. The summed E-state index contributed by atoms with van der Waals surface area (Å²) in [6.45, 7) is 1.78. The molecule has 192 valence electrons. The molecule has 2 N–H and O–H groups in total. The van der Waals surface area contributed by atoms with Gasteiger partial charge in [0.2, 0.25) is 0 Å². The van der Waals surface area contributed by atoms with E-state index in [4.69, 9.17) is 4.74 Å². The van der Waals surface area contributed by atoms with Gasteiger partial charge in [0.25, 0.3) is 0 Å². The highest BCUT2D eigenvalue weighted by atomic mass is 19.2. The van der Waals surface area contributed by atoms with Gasteiger partial charge in [0.15, 0.2) is 11.6 Å². The van der Waals surface area contributed by atoms with E-state index in [0.29, 0.717) is 56.5 Å². The average molecular weight is 499 g/mol. The van der Waals surface area contributed by atoms with E-state index in [0.717, 1.165) is 29.1 Å². The number of rotatable bonds is 10. The average Bonchev–Trinajstić information content (AvgIpc) is 2.89.